The van der Waals surface area contributed by atoms with Gasteiger partial charge in [0.2, 0.25) is 0 Å². The third kappa shape index (κ3) is 3.72. The van der Waals surface area contributed by atoms with Gasteiger partial charge in [0, 0.05) is 0 Å². The predicted octanol–water partition coefficient (Wildman–Crippen LogP) is 6.12. The number of allylic oxidation sites excluding steroid dienone is 2. The summed E-state index contributed by atoms with van der Waals surface area (Å²) >= 11 is 0. The first kappa shape index (κ1) is 27.4. The molecular formula is C16H11F15O2. The molecule has 0 aromatic rings. The van der Waals surface area contributed by atoms with E-state index in [-0.39, 0.29) is 12.3 Å². The van der Waals surface area contributed by atoms with Gasteiger partial charge in [0.25, 0.3) is 0 Å². The van der Waals surface area contributed by atoms with Crippen molar-refractivity contribution in [2.45, 2.75) is 54.6 Å². The van der Waals surface area contributed by atoms with Gasteiger partial charge in [-0.2, -0.15) is 57.1 Å². The van der Waals surface area contributed by atoms with Crippen molar-refractivity contribution in [3.8, 4) is 0 Å². The molecule has 0 spiro atoms. The van der Waals surface area contributed by atoms with Gasteiger partial charge in [-0.15, -0.1) is 0 Å². The molecule has 17 heteroatoms. The third-order valence-electron chi connectivity index (χ3n) is 5.57. The smallest absolute Gasteiger partial charge is 0.437 e. The SMILES string of the molecule is O=C(OCC1CC2C=CC1C2)C(F)(F)C(F)(C(F)(F)F)C(F)(F)C(F)(C(F)(F)F)C(F)(F)F. The van der Waals surface area contributed by atoms with Crippen LogP contribution in [0.1, 0.15) is 12.8 Å². The fourth-order valence-corrected chi connectivity index (χ4v) is 3.81. The molecular weight excluding hydrogens is 509 g/mol. The van der Waals surface area contributed by atoms with Crippen LogP contribution in [0.25, 0.3) is 0 Å². The van der Waals surface area contributed by atoms with Gasteiger partial charge in [-0.05, 0) is 30.6 Å². The number of hydrogen-bond donors (Lipinski definition) is 0. The van der Waals surface area contributed by atoms with Crippen LogP contribution in [0.15, 0.2) is 12.2 Å². The monoisotopic (exact) mass is 520 g/mol. The van der Waals surface area contributed by atoms with Crippen molar-refractivity contribution in [1.82, 2.24) is 0 Å². The van der Waals surface area contributed by atoms with Crippen molar-refractivity contribution < 1.29 is 75.4 Å². The summed E-state index contributed by atoms with van der Waals surface area (Å²) in [6.07, 6.45) is -20.6. The van der Waals surface area contributed by atoms with E-state index in [1.54, 1.807) is 6.08 Å². The highest BCUT2D eigenvalue weighted by molar-refractivity contribution is 5.80. The summed E-state index contributed by atoms with van der Waals surface area (Å²) in [5.41, 5.74) is -16.8. The molecule has 2 rings (SSSR count). The normalized spacial score (nSPS) is 26.5. The van der Waals surface area contributed by atoms with Crippen molar-refractivity contribution >= 4 is 5.97 Å². The Morgan fingerprint density at radius 3 is 1.48 bits per heavy atom. The molecule has 4 atom stereocenters. The van der Waals surface area contributed by atoms with Crippen LogP contribution in [-0.4, -0.2) is 54.3 Å². The number of halogens is 15. The summed E-state index contributed by atoms with van der Waals surface area (Å²) in [7, 11) is 0. The van der Waals surface area contributed by atoms with Gasteiger partial charge in [-0.1, -0.05) is 12.2 Å². The largest absolute Gasteiger partial charge is 0.461 e. The van der Waals surface area contributed by atoms with Crippen molar-refractivity contribution in [2.75, 3.05) is 6.61 Å². The molecule has 4 unspecified atom stereocenters. The van der Waals surface area contributed by atoms with Gasteiger partial charge in [-0.25, -0.2) is 13.6 Å². The van der Waals surface area contributed by atoms with Crippen LogP contribution in [0.5, 0.6) is 0 Å². The van der Waals surface area contributed by atoms with E-state index in [9.17, 15) is 70.7 Å². The molecule has 0 aliphatic heterocycles. The van der Waals surface area contributed by atoms with E-state index in [2.05, 4.69) is 4.74 Å². The molecule has 0 aromatic carbocycles. The Balaban J connectivity index is 2.52. The highest BCUT2D eigenvalue weighted by atomic mass is 19.4. The number of carbonyl (C=O) groups is 1. The van der Waals surface area contributed by atoms with Crippen molar-refractivity contribution in [2.24, 2.45) is 17.8 Å². The lowest BCUT2D eigenvalue weighted by atomic mass is 9.78. The van der Waals surface area contributed by atoms with Gasteiger partial charge in [0.05, 0.1) is 6.61 Å². The predicted molar refractivity (Wildman–Crippen MR) is 75.5 cm³/mol. The maximum atomic E-state index is 14.3. The fraction of sp³-hybridized carbons (Fsp3) is 0.812. The fourth-order valence-electron chi connectivity index (χ4n) is 3.81. The Hall–Kier alpha value is -1.84. The maximum absolute atomic E-state index is 14.3. The maximum Gasteiger partial charge on any atom is 0.437 e. The lowest BCUT2D eigenvalue weighted by molar-refractivity contribution is -0.453. The lowest BCUT2D eigenvalue weighted by Crippen LogP contribution is -2.79. The summed E-state index contributed by atoms with van der Waals surface area (Å²) in [4.78, 5) is 11.4. The second-order valence-electron chi connectivity index (χ2n) is 7.60. The molecule has 0 heterocycles. The van der Waals surface area contributed by atoms with Crippen LogP contribution >= 0.6 is 0 Å². The van der Waals surface area contributed by atoms with Gasteiger partial charge in [-0.3, -0.25) is 0 Å². The first-order valence-corrected chi connectivity index (χ1v) is 8.66. The molecule has 192 valence electrons. The molecule has 0 saturated heterocycles. The standard InChI is InChI=1S/C16H11F15O2/c17-10(18,9(32)33-5-8-4-6-1-2-7(8)3-6)11(19,14(23,24)25)13(21,22)12(20,15(26,27)28)16(29,30)31/h1-2,6-8H,3-5H2. The third-order valence-corrected chi connectivity index (χ3v) is 5.57. The van der Waals surface area contributed by atoms with E-state index in [0.29, 0.717) is 6.42 Å². The Bertz CT molecular complexity index is 779. The van der Waals surface area contributed by atoms with Crippen molar-refractivity contribution in [3.63, 3.8) is 0 Å². The molecule has 1 saturated carbocycles. The minimum Gasteiger partial charge on any atom is -0.461 e. The molecule has 0 radical (unpaired) electrons. The van der Waals surface area contributed by atoms with Gasteiger partial charge < -0.3 is 4.74 Å². The Morgan fingerprint density at radius 1 is 0.697 bits per heavy atom. The second-order valence-corrected chi connectivity index (χ2v) is 7.60. The zero-order chi connectivity index (χ0) is 26.1. The highest BCUT2D eigenvalue weighted by Gasteiger charge is 2.98. The summed E-state index contributed by atoms with van der Waals surface area (Å²) < 4.78 is 202. The topological polar surface area (TPSA) is 26.3 Å². The number of alkyl halides is 15. The highest BCUT2D eigenvalue weighted by Crippen LogP contribution is 2.65. The number of ether oxygens (including phenoxy) is 1. The summed E-state index contributed by atoms with van der Waals surface area (Å²) in [6.45, 7) is -1.24. The number of hydrogen-bond acceptors (Lipinski definition) is 2. The summed E-state index contributed by atoms with van der Waals surface area (Å²) in [5.74, 6) is -21.4. The van der Waals surface area contributed by atoms with Crippen LogP contribution in [0.4, 0.5) is 65.9 Å². The summed E-state index contributed by atoms with van der Waals surface area (Å²) in [5, 5.41) is 0. The molecule has 33 heavy (non-hydrogen) atoms. The van der Waals surface area contributed by atoms with Crippen molar-refractivity contribution in [1.29, 1.82) is 0 Å². The van der Waals surface area contributed by atoms with Gasteiger partial charge >= 0.3 is 47.7 Å². The zero-order valence-electron chi connectivity index (χ0n) is 15.5. The van der Waals surface area contributed by atoms with E-state index < -0.39 is 66.1 Å². The molecule has 0 N–H and O–H groups in total. The molecule has 2 nitrogen and oxygen atoms in total. The first-order valence-electron chi connectivity index (χ1n) is 8.66. The molecule has 0 amide bonds. The zero-order valence-corrected chi connectivity index (χ0v) is 15.5. The van der Waals surface area contributed by atoms with Gasteiger partial charge in [0.1, 0.15) is 0 Å². The lowest BCUT2D eigenvalue weighted by Gasteiger charge is -2.45. The van der Waals surface area contributed by atoms with E-state index in [1.165, 1.54) is 6.08 Å². The molecule has 0 aromatic heterocycles. The average molecular weight is 520 g/mol. The van der Waals surface area contributed by atoms with Crippen molar-refractivity contribution in [3.05, 3.63) is 12.2 Å². The molecule has 2 aliphatic carbocycles. The van der Waals surface area contributed by atoms with Gasteiger partial charge in [0.15, 0.2) is 0 Å². The minimum absolute atomic E-state index is 0.103. The summed E-state index contributed by atoms with van der Waals surface area (Å²) in [6, 6.07) is 0. The van der Waals surface area contributed by atoms with Crippen LogP contribution in [0, 0.1) is 17.8 Å². The average Bonchev–Trinajstić information content (AvgIpc) is 3.24. The van der Waals surface area contributed by atoms with E-state index >= 15 is 0 Å². The first-order chi connectivity index (χ1) is 14.5. The van der Waals surface area contributed by atoms with E-state index in [0.717, 1.165) is 0 Å². The van der Waals surface area contributed by atoms with Crippen LogP contribution in [-0.2, 0) is 9.53 Å². The number of fused-ring (bicyclic) bond motifs is 2. The Labute approximate surface area is 173 Å². The second kappa shape index (κ2) is 7.58. The number of rotatable bonds is 6. The van der Waals surface area contributed by atoms with Crippen LogP contribution in [0.2, 0.25) is 0 Å². The van der Waals surface area contributed by atoms with E-state index in [1.807, 2.05) is 0 Å². The molecule has 2 bridgehead atoms. The van der Waals surface area contributed by atoms with Crippen LogP contribution < -0.4 is 0 Å². The number of carbonyl (C=O) groups excluding carboxylic acids is 1. The quantitative estimate of drug-likeness (QED) is 0.240. The molecule has 2 aliphatic rings. The Kier molecular flexibility index (Phi) is 6.30. The molecule has 1 fully saturated rings. The van der Waals surface area contributed by atoms with E-state index in [4.69, 9.17) is 0 Å². The Morgan fingerprint density at radius 2 is 1.15 bits per heavy atom. The van der Waals surface area contributed by atoms with Crippen LogP contribution in [0.3, 0.4) is 0 Å². The number of esters is 1. The minimum atomic E-state index is -8.65.